The average molecular weight is 273 g/mol. The Hall–Kier alpha value is -1.02. The van der Waals surface area contributed by atoms with Crippen LogP contribution in [0, 0.1) is 5.92 Å². The molecule has 0 aliphatic heterocycles. The summed E-state index contributed by atoms with van der Waals surface area (Å²) in [6.07, 6.45) is 9.49. The van der Waals surface area contributed by atoms with Gasteiger partial charge in [0.1, 0.15) is 5.75 Å². The minimum absolute atomic E-state index is 0.406. The molecule has 0 radical (unpaired) electrons. The van der Waals surface area contributed by atoms with Gasteiger partial charge in [-0.05, 0) is 80.3 Å². The van der Waals surface area contributed by atoms with E-state index in [-0.39, 0.29) is 0 Å². The van der Waals surface area contributed by atoms with Gasteiger partial charge in [-0.15, -0.1) is 0 Å². The first kappa shape index (κ1) is 13.9. The van der Waals surface area contributed by atoms with Crippen LogP contribution < -0.4 is 10.1 Å². The molecule has 0 aromatic heterocycles. The van der Waals surface area contributed by atoms with E-state index < -0.39 is 0 Å². The number of hydrogen-bond donors (Lipinski definition) is 1. The maximum Gasteiger partial charge on any atom is 0.119 e. The second-order valence-corrected chi connectivity index (χ2v) is 6.51. The lowest BCUT2D eigenvalue weighted by atomic mass is 9.56. The summed E-state index contributed by atoms with van der Waals surface area (Å²) in [6.45, 7) is 1.12. The zero-order chi connectivity index (χ0) is 14.0. The van der Waals surface area contributed by atoms with Crippen molar-refractivity contribution in [2.75, 3.05) is 20.7 Å². The van der Waals surface area contributed by atoms with Gasteiger partial charge in [-0.25, -0.2) is 0 Å². The van der Waals surface area contributed by atoms with Gasteiger partial charge in [0.05, 0.1) is 7.11 Å². The molecule has 3 rings (SSSR count). The predicted molar refractivity (Wildman–Crippen MR) is 83.5 cm³/mol. The highest BCUT2D eigenvalue weighted by Crippen LogP contribution is 2.52. The van der Waals surface area contributed by atoms with Crippen molar-refractivity contribution in [3.63, 3.8) is 0 Å². The van der Waals surface area contributed by atoms with Gasteiger partial charge in [-0.2, -0.15) is 0 Å². The number of benzene rings is 1. The summed E-state index contributed by atoms with van der Waals surface area (Å²) in [5, 5.41) is 3.37. The van der Waals surface area contributed by atoms with E-state index in [1.807, 2.05) is 0 Å². The molecule has 0 saturated heterocycles. The summed E-state index contributed by atoms with van der Waals surface area (Å²) in [4.78, 5) is 0. The first-order valence-corrected chi connectivity index (χ1v) is 8.12. The zero-order valence-corrected chi connectivity index (χ0v) is 12.9. The van der Waals surface area contributed by atoms with Gasteiger partial charge in [-0.3, -0.25) is 0 Å². The third-order valence-electron chi connectivity index (χ3n) is 5.64. The summed E-state index contributed by atoms with van der Waals surface area (Å²) in [7, 11) is 3.85. The van der Waals surface area contributed by atoms with E-state index in [4.69, 9.17) is 4.74 Å². The Bertz CT molecular complexity index is 470. The van der Waals surface area contributed by atoms with Gasteiger partial charge in [0, 0.05) is 0 Å². The molecule has 2 aliphatic rings. The molecule has 2 nitrogen and oxygen atoms in total. The standard InChI is InChI=1S/C18H27NO/c1-19-12-11-18-10-4-3-5-15(18)8-6-14-7-9-16(20-2)13-17(14)18/h7,9,13,15,19H,3-6,8,10-12H2,1-2H3/t15?,18-/m0/s1. The van der Waals surface area contributed by atoms with Crippen molar-refractivity contribution < 1.29 is 4.74 Å². The fourth-order valence-corrected chi connectivity index (χ4v) is 4.59. The number of aryl methyl sites for hydroxylation is 1. The van der Waals surface area contributed by atoms with Gasteiger partial charge in [-0.1, -0.05) is 18.9 Å². The van der Waals surface area contributed by atoms with Crippen LogP contribution >= 0.6 is 0 Å². The summed E-state index contributed by atoms with van der Waals surface area (Å²) in [5.41, 5.74) is 3.58. The molecule has 1 saturated carbocycles. The minimum atomic E-state index is 0.406. The van der Waals surface area contributed by atoms with E-state index in [1.165, 1.54) is 44.9 Å². The van der Waals surface area contributed by atoms with Crippen molar-refractivity contribution in [2.24, 2.45) is 5.92 Å². The van der Waals surface area contributed by atoms with Crippen molar-refractivity contribution in [1.82, 2.24) is 5.32 Å². The molecular weight excluding hydrogens is 246 g/mol. The maximum atomic E-state index is 5.49. The molecule has 0 bridgehead atoms. The molecule has 1 N–H and O–H groups in total. The Kier molecular flexibility index (Phi) is 4.02. The van der Waals surface area contributed by atoms with Crippen molar-refractivity contribution in [1.29, 1.82) is 0 Å². The van der Waals surface area contributed by atoms with Gasteiger partial charge in [0.25, 0.3) is 0 Å². The highest BCUT2D eigenvalue weighted by Gasteiger charge is 2.44. The van der Waals surface area contributed by atoms with Crippen LogP contribution in [0.5, 0.6) is 5.75 Å². The first-order valence-electron chi connectivity index (χ1n) is 8.12. The number of methoxy groups -OCH3 is 1. The fraction of sp³-hybridized carbons (Fsp3) is 0.667. The van der Waals surface area contributed by atoms with Crippen molar-refractivity contribution in [3.05, 3.63) is 29.3 Å². The Morgan fingerprint density at radius 2 is 2.20 bits per heavy atom. The third-order valence-corrected chi connectivity index (χ3v) is 5.64. The van der Waals surface area contributed by atoms with Crippen molar-refractivity contribution in [2.45, 2.75) is 50.4 Å². The lowest BCUT2D eigenvalue weighted by Gasteiger charge is -2.49. The molecule has 2 atom stereocenters. The molecular formula is C18H27NO. The summed E-state index contributed by atoms with van der Waals surface area (Å²) in [5.74, 6) is 1.91. The molecule has 1 aromatic carbocycles. The number of nitrogens with one attached hydrogen (secondary N) is 1. The van der Waals surface area contributed by atoms with E-state index >= 15 is 0 Å². The Morgan fingerprint density at radius 1 is 1.30 bits per heavy atom. The number of fused-ring (bicyclic) bond motifs is 3. The molecule has 0 heterocycles. The molecule has 2 aliphatic carbocycles. The number of hydrogen-bond acceptors (Lipinski definition) is 2. The zero-order valence-electron chi connectivity index (χ0n) is 12.9. The highest BCUT2D eigenvalue weighted by atomic mass is 16.5. The van der Waals surface area contributed by atoms with Crippen molar-refractivity contribution >= 4 is 0 Å². The van der Waals surface area contributed by atoms with Gasteiger partial charge >= 0.3 is 0 Å². The molecule has 2 heteroatoms. The van der Waals surface area contributed by atoms with E-state index in [2.05, 4.69) is 30.6 Å². The number of rotatable bonds is 4. The predicted octanol–water partition coefficient (Wildman–Crippen LogP) is 3.68. The van der Waals surface area contributed by atoms with Crippen LogP contribution in [-0.4, -0.2) is 20.7 Å². The van der Waals surface area contributed by atoms with Crippen LogP contribution in [0.3, 0.4) is 0 Å². The smallest absolute Gasteiger partial charge is 0.119 e. The highest BCUT2D eigenvalue weighted by molar-refractivity contribution is 5.43. The van der Waals surface area contributed by atoms with E-state index in [0.29, 0.717) is 5.41 Å². The fourth-order valence-electron chi connectivity index (χ4n) is 4.59. The van der Waals surface area contributed by atoms with E-state index in [9.17, 15) is 0 Å². The second kappa shape index (κ2) is 5.77. The Balaban J connectivity index is 2.04. The molecule has 0 amide bonds. The van der Waals surface area contributed by atoms with Crippen LogP contribution in [0.25, 0.3) is 0 Å². The van der Waals surface area contributed by atoms with Crippen molar-refractivity contribution in [3.8, 4) is 5.75 Å². The summed E-state index contributed by atoms with van der Waals surface area (Å²) >= 11 is 0. The quantitative estimate of drug-likeness (QED) is 0.903. The Morgan fingerprint density at radius 3 is 3.00 bits per heavy atom. The topological polar surface area (TPSA) is 21.3 Å². The molecule has 0 spiro atoms. The molecule has 110 valence electrons. The minimum Gasteiger partial charge on any atom is -0.497 e. The third kappa shape index (κ3) is 2.24. The van der Waals surface area contributed by atoms with Crippen LogP contribution in [0.4, 0.5) is 0 Å². The van der Waals surface area contributed by atoms with Crippen LogP contribution in [0.15, 0.2) is 18.2 Å². The normalized spacial score (nSPS) is 28.6. The van der Waals surface area contributed by atoms with E-state index in [1.54, 1.807) is 18.2 Å². The maximum absolute atomic E-state index is 5.49. The lowest BCUT2D eigenvalue weighted by Crippen LogP contribution is -2.43. The number of ether oxygens (including phenoxy) is 1. The van der Waals surface area contributed by atoms with Crippen LogP contribution in [0.1, 0.15) is 49.7 Å². The van der Waals surface area contributed by atoms with Gasteiger partial charge in [0.2, 0.25) is 0 Å². The molecule has 1 unspecified atom stereocenters. The van der Waals surface area contributed by atoms with Gasteiger partial charge < -0.3 is 10.1 Å². The second-order valence-electron chi connectivity index (χ2n) is 6.51. The SMILES string of the molecule is CNCC[C@@]12CCCCC1CCc1ccc(OC)cc12. The largest absolute Gasteiger partial charge is 0.497 e. The first-order chi connectivity index (χ1) is 9.80. The lowest BCUT2D eigenvalue weighted by molar-refractivity contribution is 0.147. The summed E-state index contributed by atoms with van der Waals surface area (Å²) < 4.78 is 5.49. The van der Waals surface area contributed by atoms with Crippen LogP contribution in [-0.2, 0) is 11.8 Å². The summed E-state index contributed by atoms with van der Waals surface area (Å²) in [6, 6.07) is 6.77. The van der Waals surface area contributed by atoms with E-state index in [0.717, 1.165) is 18.2 Å². The average Bonchev–Trinajstić information content (AvgIpc) is 2.52. The molecule has 1 fully saturated rings. The monoisotopic (exact) mass is 273 g/mol. The Labute approximate surface area is 122 Å². The van der Waals surface area contributed by atoms with Crippen LogP contribution in [0.2, 0.25) is 0 Å². The molecule has 20 heavy (non-hydrogen) atoms. The van der Waals surface area contributed by atoms with Gasteiger partial charge in [0.15, 0.2) is 0 Å². The molecule has 1 aromatic rings.